The fourth-order valence-electron chi connectivity index (χ4n) is 2.42. The molecule has 104 valence electrons. The number of fused-ring (bicyclic) bond motifs is 1. The third kappa shape index (κ3) is 2.73. The number of aromatic nitrogens is 1. The van der Waals surface area contributed by atoms with E-state index in [-0.39, 0.29) is 0 Å². The van der Waals surface area contributed by atoms with Gasteiger partial charge in [0.2, 0.25) is 0 Å². The van der Waals surface area contributed by atoms with Gasteiger partial charge in [0, 0.05) is 24.5 Å². The van der Waals surface area contributed by atoms with Gasteiger partial charge in [0.1, 0.15) is 10.8 Å². The van der Waals surface area contributed by atoms with Gasteiger partial charge in [-0.25, -0.2) is 4.98 Å². The van der Waals surface area contributed by atoms with Crippen LogP contribution >= 0.6 is 12.2 Å². The minimum Gasteiger partial charge on any atom is -0.389 e. The highest BCUT2D eigenvalue weighted by Gasteiger charge is 2.17. The quantitative estimate of drug-likeness (QED) is 0.845. The number of rotatable bonds is 4. The molecule has 1 aliphatic heterocycles. The number of hydrogen-bond acceptors (Lipinski definition) is 4. The average molecular weight is 287 g/mol. The number of pyridine rings is 1. The summed E-state index contributed by atoms with van der Waals surface area (Å²) in [6.07, 6.45) is 1.09. The Morgan fingerprint density at radius 3 is 3.05 bits per heavy atom. The lowest BCUT2D eigenvalue weighted by atomic mass is 10.1. The molecule has 1 aromatic carbocycles. The second-order valence-electron chi connectivity index (χ2n) is 5.05. The number of para-hydroxylation sites is 1. The van der Waals surface area contributed by atoms with Gasteiger partial charge in [-0.2, -0.15) is 0 Å². The number of benzene rings is 1. The van der Waals surface area contributed by atoms with Gasteiger partial charge in [-0.05, 0) is 18.6 Å². The summed E-state index contributed by atoms with van der Waals surface area (Å²) in [6.45, 7) is 2.49. The molecule has 2 aromatic rings. The minimum absolute atomic E-state index is 0.369. The molecule has 0 spiro atoms. The van der Waals surface area contributed by atoms with E-state index in [9.17, 15) is 0 Å². The maximum atomic E-state index is 5.82. The molecule has 1 saturated heterocycles. The Labute approximate surface area is 123 Å². The van der Waals surface area contributed by atoms with Crippen molar-refractivity contribution in [1.82, 2.24) is 4.98 Å². The molecule has 1 fully saturated rings. The molecular formula is C15H17N3OS. The van der Waals surface area contributed by atoms with Gasteiger partial charge in [-0.3, -0.25) is 0 Å². The lowest BCUT2D eigenvalue weighted by Gasteiger charge is -2.14. The smallest absolute Gasteiger partial charge is 0.136 e. The van der Waals surface area contributed by atoms with Crippen LogP contribution in [0, 0.1) is 5.92 Å². The lowest BCUT2D eigenvalue weighted by molar-refractivity contribution is 0.187. The van der Waals surface area contributed by atoms with Gasteiger partial charge in [0.25, 0.3) is 0 Å². The van der Waals surface area contributed by atoms with E-state index in [2.05, 4.69) is 10.3 Å². The van der Waals surface area contributed by atoms with Crippen LogP contribution in [0.15, 0.2) is 30.3 Å². The summed E-state index contributed by atoms with van der Waals surface area (Å²) >= 11 is 5.13. The summed E-state index contributed by atoms with van der Waals surface area (Å²) in [6, 6.07) is 9.96. The number of nitrogens with one attached hydrogen (secondary N) is 1. The molecule has 1 aliphatic rings. The van der Waals surface area contributed by atoms with Gasteiger partial charge in [0.15, 0.2) is 0 Å². The zero-order valence-electron chi connectivity index (χ0n) is 11.1. The van der Waals surface area contributed by atoms with Crippen LogP contribution in [0.1, 0.15) is 12.0 Å². The predicted molar refractivity (Wildman–Crippen MR) is 85.0 cm³/mol. The maximum absolute atomic E-state index is 5.82. The van der Waals surface area contributed by atoms with E-state index in [0.717, 1.165) is 48.5 Å². The van der Waals surface area contributed by atoms with Crippen LogP contribution in [0.2, 0.25) is 0 Å². The summed E-state index contributed by atoms with van der Waals surface area (Å²) in [5, 5.41) is 4.42. The number of hydrogen-bond donors (Lipinski definition) is 2. The molecule has 2 heterocycles. The molecule has 3 N–H and O–H groups in total. The molecule has 20 heavy (non-hydrogen) atoms. The van der Waals surface area contributed by atoms with Crippen LogP contribution in [0.4, 0.5) is 5.82 Å². The summed E-state index contributed by atoms with van der Waals surface area (Å²) in [5.41, 5.74) is 7.56. The van der Waals surface area contributed by atoms with E-state index in [4.69, 9.17) is 22.7 Å². The third-order valence-corrected chi connectivity index (χ3v) is 3.79. The van der Waals surface area contributed by atoms with Crippen molar-refractivity contribution < 1.29 is 4.74 Å². The fourth-order valence-corrected chi connectivity index (χ4v) is 2.58. The highest BCUT2D eigenvalue weighted by Crippen LogP contribution is 2.21. The van der Waals surface area contributed by atoms with Crippen LogP contribution in [-0.4, -0.2) is 29.7 Å². The Morgan fingerprint density at radius 2 is 2.30 bits per heavy atom. The molecule has 0 bridgehead atoms. The Hall–Kier alpha value is -1.72. The molecule has 0 amide bonds. The zero-order valence-corrected chi connectivity index (χ0v) is 12.0. The highest BCUT2D eigenvalue weighted by atomic mass is 32.1. The molecule has 0 saturated carbocycles. The third-order valence-electron chi connectivity index (χ3n) is 3.57. The number of thiocarbonyl (C=S) groups is 1. The van der Waals surface area contributed by atoms with Crippen LogP contribution in [-0.2, 0) is 4.74 Å². The molecule has 1 aromatic heterocycles. The molecular weight excluding hydrogens is 270 g/mol. The standard InChI is InChI=1S/C15H17N3OS/c16-14(20)12-7-11-3-1-2-4-13(11)18-15(12)17-8-10-5-6-19-9-10/h1-4,7,10H,5-6,8-9H2,(H2,16,20)(H,17,18). The van der Waals surface area contributed by atoms with Crippen molar-refractivity contribution in [3.63, 3.8) is 0 Å². The van der Waals surface area contributed by atoms with Crippen molar-refractivity contribution >= 4 is 33.9 Å². The fraction of sp³-hybridized carbons (Fsp3) is 0.333. The van der Waals surface area contributed by atoms with Crippen molar-refractivity contribution in [2.24, 2.45) is 11.7 Å². The van der Waals surface area contributed by atoms with Gasteiger partial charge in [0.05, 0.1) is 17.7 Å². The topological polar surface area (TPSA) is 60.2 Å². The van der Waals surface area contributed by atoms with Crippen LogP contribution < -0.4 is 11.1 Å². The Balaban J connectivity index is 1.90. The molecule has 0 radical (unpaired) electrons. The van der Waals surface area contributed by atoms with Crippen molar-refractivity contribution in [3.05, 3.63) is 35.9 Å². The molecule has 0 aliphatic carbocycles. The van der Waals surface area contributed by atoms with Gasteiger partial charge >= 0.3 is 0 Å². The number of nitrogens with zero attached hydrogens (tertiary/aromatic N) is 1. The Bertz CT molecular complexity index is 638. The van der Waals surface area contributed by atoms with Crippen molar-refractivity contribution in [1.29, 1.82) is 0 Å². The second-order valence-corrected chi connectivity index (χ2v) is 5.49. The number of anilines is 1. The summed E-state index contributed by atoms with van der Waals surface area (Å²) in [7, 11) is 0. The van der Waals surface area contributed by atoms with E-state index in [1.807, 2.05) is 30.3 Å². The zero-order chi connectivity index (χ0) is 13.9. The van der Waals surface area contributed by atoms with Crippen LogP contribution in [0.3, 0.4) is 0 Å². The van der Waals surface area contributed by atoms with E-state index < -0.39 is 0 Å². The predicted octanol–water partition coefficient (Wildman–Crippen LogP) is 2.32. The van der Waals surface area contributed by atoms with E-state index >= 15 is 0 Å². The number of ether oxygens (including phenoxy) is 1. The summed E-state index contributed by atoms with van der Waals surface area (Å²) in [5.74, 6) is 1.30. The Morgan fingerprint density at radius 1 is 1.45 bits per heavy atom. The van der Waals surface area contributed by atoms with Crippen molar-refractivity contribution in [3.8, 4) is 0 Å². The normalized spacial score (nSPS) is 18.3. The summed E-state index contributed by atoms with van der Waals surface area (Å²) in [4.78, 5) is 5.01. The largest absolute Gasteiger partial charge is 0.389 e. The van der Waals surface area contributed by atoms with E-state index in [1.165, 1.54) is 0 Å². The van der Waals surface area contributed by atoms with Gasteiger partial charge < -0.3 is 15.8 Å². The van der Waals surface area contributed by atoms with Crippen LogP contribution in [0.5, 0.6) is 0 Å². The molecule has 5 heteroatoms. The van der Waals surface area contributed by atoms with E-state index in [1.54, 1.807) is 0 Å². The lowest BCUT2D eigenvalue weighted by Crippen LogP contribution is -2.19. The first-order chi connectivity index (χ1) is 9.74. The number of nitrogens with two attached hydrogens (primary N) is 1. The van der Waals surface area contributed by atoms with Crippen molar-refractivity contribution in [2.45, 2.75) is 6.42 Å². The van der Waals surface area contributed by atoms with E-state index in [0.29, 0.717) is 10.9 Å². The van der Waals surface area contributed by atoms with Crippen LogP contribution in [0.25, 0.3) is 10.9 Å². The Kier molecular flexibility index (Phi) is 3.80. The SMILES string of the molecule is NC(=S)c1cc2ccccc2nc1NCC1CCOC1. The molecule has 1 unspecified atom stereocenters. The second kappa shape index (κ2) is 5.73. The monoisotopic (exact) mass is 287 g/mol. The first kappa shape index (κ1) is 13.3. The average Bonchev–Trinajstić information content (AvgIpc) is 2.97. The van der Waals surface area contributed by atoms with Crippen molar-refractivity contribution in [2.75, 3.05) is 25.1 Å². The summed E-state index contributed by atoms with van der Waals surface area (Å²) < 4.78 is 5.38. The minimum atomic E-state index is 0.369. The first-order valence-electron chi connectivity index (χ1n) is 6.75. The molecule has 3 rings (SSSR count). The molecule has 4 nitrogen and oxygen atoms in total. The highest BCUT2D eigenvalue weighted by molar-refractivity contribution is 7.80. The van der Waals surface area contributed by atoms with Gasteiger partial charge in [-0.1, -0.05) is 30.4 Å². The van der Waals surface area contributed by atoms with Gasteiger partial charge in [-0.15, -0.1) is 0 Å². The first-order valence-corrected chi connectivity index (χ1v) is 7.16. The maximum Gasteiger partial charge on any atom is 0.136 e. The molecule has 1 atom stereocenters.